The molecule has 0 bridgehead atoms. The van der Waals surface area contributed by atoms with Crippen molar-refractivity contribution in [3.05, 3.63) is 23.2 Å². The van der Waals surface area contributed by atoms with Gasteiger partial charge in [0, 0.05) is 12.1 Å². The lowest BCUT2D eigenvalue weighted by molar-refractivity contribution is -0.118. The van der Waals surface area contributed by atoms with Crippen LogP contribution in [0.15, 0.2) is 18.2 Å². The van der Waals surface area contributed by atoms with E-state index in [1.807, 2.05) is 0 Å². The molecule has 6 heteroatoms. The molecule has 0 aliphatic rings. The van der Waals surface area contributed by atoms with E-state index in [1.165, 1.54) is 14.2 Å². The van der Waals surface area contributed by atoms with Crippen LogP contribution in [-0.4, -0.2) is 32.8 Å². The third-order valence-electron chi connectivity index (χ3n) is 2.10. The minimum Gasteiger partial charge on any atom is -0.495 e. The Balaban J connectivity index is 2.79. The van der Waals surface area contributed by atoms with Crippen molar-refractivity contribution in [3.63, 3.8) is 0 Å². The van der Waals surface area contributed by atoms with Crippen LogP contribution in [0.5, 0.6) is 5.75 Å². The average molecular weight is 259 g/mol. The molecule has 0 saturated heterocycles. The molecule has 1 amide bonds. The summed E-state index contributed by atoms with van der Waals surface area (Å²) < 4.78 is 9.90. The summed E-state index contributed by atoms with van der Waals surface area (Å²) in [5.41, 5.74) is 6.08. The number of carbonyl (C=O) groups excluding carboxylic acids is 1. The van der Waals surface area contributed by atoms with Gasteiger partial charge in [-0.15, -0.1) is 0 Å². The van der Waals surface area contributed by atoms with Gasteiger partial charge in [-0.25, -0.2) is 0 Å². The highest BCUT2D eigenvalue weighted by Gasteiger charge is 2.15. The SMILES string of the molecule is COCC(N)C(=O)Nc1cc(Cl)ccc1OC. The van der Waals surface area contributed by atoms with Crippen LogP contribution in [0, 0.1) is 0 Å². The third-order valence-corrected chi connectivity index (χ3v) is 2.34. The van der Waals surface area contributed by atoms with Gasteiger partial charge in [0.2, 0.25) is 5.91 Å². The number of benzene rings is 1. The quantitative estimate of drug-likeness (QED) is 0.834. The summed E-state index contributed by atoms with van der Waals surface area (Å²) in [6, 6.07) is 4.20. The number of ether oxygens (including phenoxy) is 2. The molecule has 0 heterocycles. The zero-order chi connectivity index (χ0) is 12.8. The highest BCUT2D eigenvalue weighted by Crippen LogP contribution is 2.27. The molecule has 1 rings (SSSR count). The van der Waals surface area contributed by atoms with Crippen LogP contribution in [0.3, 0.4) is 0 Å². The zero-order valence-electron chi connectivity index (χ0n) is 9.70. The number of methoxy groups -OCH3 is 2. The van der Waals surface area contributed by atoms with Gasteiger partial charge < -0.3 is 20.5 Å². The van der Waals surface area contributed by atoms with Crippen LogP contribution in [-0.2, 0) is 9.53 Å². The number of halogens is 1. The Bertz CT molecular complexity index is 398. The van der Waals surface area contributed by atoms with E-state index in [9.17, 15) is 4.79 Å². The van der Waals surface area contributed by atoms with Crippen LogP contribution in [0.1, 0.15) is 0 Å². The van der Waals surface area contributed by atoms with Crippen LogP contribution in [0.25, 0.3) is 0 Å². The van der Waals surface area contributed by atoms with Crippen molar-refractivity contribution in [1.29, 1.82) is 0 Å². The molecule has 0 fully saturated rings. The summed E-state index contributed by atoms with van der Waals surface area (Å²) in [4.78, 5) is 11.7. The molecule has 1 unspecified atom stereocenters. The molecule has 0 radical (unpaired) electrons. The van der Waals surface area contributed by atoms with Gasteiger partial charge in [0.05, 0.1) is 19.4 Å². The average Bonchev–Trinajstić information content (AvgIpc) is 2.29. The minimum absolute atomic E-state index is 0.148. The van der Waals surface area contributed by atoms with Crippen molar-refractivity contribution in [2.24, 2.45) is 5.73 Å². The van der Waals surface area contributed by atoms with E-state index in [2.05, 4.69) is 5.32 Å². The summed E-state index contributed by atoms with van der Waals surface area (Å²) in [7, 11) is 2.99. The second-order valence-corrected chi connectivity index (χ2v) is 3.83. The number of anilines is 1. The lowest BCUT2D eigenvalue weighted by Crippen LogP contribution is -2.39. The highest BCUT2D eigenvalue weighted by atomic mass is 35.5. The molecule has 0 aliphatic heterocycles. The molecule has 17 heavy (non-hydrogen) atoms. The zero-order valence-corrected chi connectivity index (χ0v) is 10.5. The van der Waals surface area contributed by atoms with E-state index in [-0.39, 0.29) is 12.5 Å². The second-order valence-electron chi connectivity index (χ2n) is 3.40. The first kappa shape index (κ1) is 13.8. The summed E-state index contributed by atoms with van der Waals surface area (Å²) in [6.45, 7) is 0.148. The fourth-order valence-corrected chi connectivity index (χ4v) is 1.43. The molecule has 1 aromatic rings. The van der Waals surface area contributed by atoms with Crippen molar-refractivity contribution < 1.29 is 14.3 Å². The Morgan fingerprint density at radius 2 is 2.24 bits per heavy atom. The summed E-state index contributed by atoms with van der Waals surface area (Å²) in [5, 5.41) is 3.13. The molecular weight excluding hydrogens is 244 g/mol. The number of carbonyl (C=O) groups is 1. The van der Waals surface area contributed by atoms with Gasteiger partial charge >= 0.3 is 0 Å². The third kappa shape index (κ3) is 3.89. The smallest absolute Gasteiger partial charge is 0.243 e. The first-order valence-corrected chi connectivity index (χ1v) is 5.35. The summed E-state index contributed by atoms with van der Waals surface area (Å²) in [6.07, 6.45) is 0. The summed E-state index contributed by atoms with van der Waals surface area (Å²) in [5.74, 6) is 0.166. The predicted octanol–water partition coefficient (Wildman–Crippen LogP) is 1.26. The van der Waals surface area contributed by atoms with Crippen molar-refractivity contribution >= 4 is 23.2 Å². The summed E-state index contributed by atoms with van der Waals surface area (Å²) >= 11 is 5.84. The Hall–Kier alpha value is -1.30. The van der Waals surface area contributed by atoms with E-state index in [4.69, 9.17) is 26.8 Å². The molecule has 0 saturated carbocycles. The molecule has 3 N–H and O–H groups in total. The van der Waals surface area contributed by atoms with Gasteiger partial charge in [0.1, 0.15) is 11.8 Å². The molecule has 1 atom stereocenters. The molecule has 0 aliphatic carbocycles. The topological polar surface area (TPSA) is 73.6 Å². The molecule has 94 valence electrons. The molecular formula is C11H15ClN2O3. The van der Waals surface area contributed by atoms with Gasteiger partial charge in [-0.2, -0.15) is 0 Å². The maximum absolute atomic E-state index is 11.7. The second kappa shape index (κ2) is 6.44. The fraction of sp³-hybridized carbons (Fsp3) is 0.364. The van der Waals surface area contributed by atoms with Crippen LogP contribution >= 0.6 is 11.6 Å². The van der Waals surface area contributed by atoms with Crippen LogP contribution in [0.2, 0.25) is 5.02 Å². The van der Waals surface area contributed by atoms with Crippen molar-refractivity contribution in [2.45, 2.75) is 6.04 Å². The number of nitrogens with two attached hydrogens (primary N) is 1. The van der Waals surface area contributed by atoms with Crippen LogP contribution in [0.4, 0.5) is 5.69 Å². The molecule has 0 aromatic heterocycles. The normalized spacial score (nSPS) is 12.0. The monoisotopic (exact) mass is 258 g/mol. The Morgan fingerprint density at radius 3 is 2.82 bits per heavy atom. The minimum atomic E-state index is -0.733. The van der Waals surface area contributed by atoms with Crippen molar-refractivity contribution in [2.75, 3.05) is 26.1 Å². The van der Waals surface area contributed by atoms with E-state index >= 15 is 0 Å². The van der Waals surface area contributed by atoms with E-state index < -0.39 is 6.04 Å². The first-order chi connectivity index (χ1) is 8.08. The van der Waals surface area contributed by atoms with Crippen molar-refractivity contribution in [1.82, 2.24) is 0 Å². The van der Waals surface area contributed by atoms with E-state index in [1.54, 1.807) is 18.2 Å². The van der Waals surface area contributed by atoms with Gasteiger partial charge in [-0.1, -0.05) is 11.6 Å². The van der Waals surface area contributed by atoms with Gasteiger partial charge in [-0.05, 0) is 18.2 Å². The van der Waals surface area contributed by atoms with Gasteiger partial charge in [0.15, 0.2) is 0 Å². The lowest BCUT2D eigenvalue weighted by atomic mass is 10.2. The standard InChI is InChI=1S/C11H15ClN2O3/c1-16-6-8(13)11(15)14-9-5-7(12)3-4-10(9)17-2/h3-5,8H,6,13H2,1-2H3,(H,14,15). The predicted molar refractivity (Wildman–Crippen MR) is 66.5 cm³/mol. The van der Waals surface area contributed by atoms with Crippen LogP contribution < -0.4 is 15.8 Å². The number of hydrogen-bond donors (Lipinski definition) is 2. The molecule has 0 spiro atoms. The maximum Gasteiger partial charge on any atom is 0.243 e. The lowest BCUT2D eigenvalue weighted by Gasteiger charge is -2.13. The number of rotatable bonds is 5. The van der Waals surface area contributed by atoms with Crippen molar-refractivity contribution in [3.8, 4) is 5.75 Å². The van der Waals surface area contributed by atoms with Gasteiger partial charge in [0.25, 0.3) is 0 Å². The van der Waals surface area contributed by atoms with Gasteiger partial charge in [-0.3, -0.25) is 4.79 Å². The largest absolute Gasteiger partial charge is 0.495 e. The molecule has 1 aromatic carbocycles. The number of amides is 1. The Morgan fingerprint density at radius 1 is 1.53 bits per heavy atom. The fourth-order valence-electron chi connectivity index (χ4n) is 1.26. The first-order valence-electron chi connectivity index (χ1n) is 4.97. The number of nitrogens with one attached hydrogen (secondary N) is 1. The maximum atomic E-state index is 11.7. The van der Waals surface area contributed by atoms with E-state index in [0.717, 1.165) is 0 Å². The Kier molecular flexibility index (Phi) is 5.21. The van der Waals surface area contributed by atoms with E-state index in [0.29, 0.717) is 16.5 Å². The highest BCUT2D eigenvalue weighted by molar-refractivity contribution is 6.31. The number of hydrogen-bond acceptors (Lipinski definition) is 4. The molecule has 5 nitrogen and oxygen atoms in total. The Labute approximate surface area is 105 Å².